The molecule has 3 nitrogen and oxygen atoms in total. The van der Waals surface area contributed by atoms with Gasteiger partial charge in [0.2, 0.25) is 0 Å². The van der Waals surface area contributed by atoms with E-state index in [-0.39, 0.29) is 11.7 Å². The highest BCUT2D eigenvalue weighted by Gasteiger charge is 2.29. The van der Waals surface area contributed by atoms with Gasteiger partial charge in [-0.15, -0.1) is 0 Å². The van der Waals surface area contributed by atoms with E-state index in [1.54, 1.807) is 6.07 Å². The molecule has 23 heavy (non-hydrogen) atoms. The Kier molecular flexibility index (Phi) is 5.90. The fourth-order valence-electron chi connectivity index (χ4n) is 3.86. The molecule has 2 atom stereocenters. The number of aliphatic hydroxyl groups excluding tert-OH is 1. The van der Waals surface area contributed by atoms with Crippen LogP contribution in [-0.4, -0.2) is 24.8 Å². The average Bonchev–Trinajstić information content (AvgIpc) is 2.58. The van der Waals surface area contributed by atoms with E-state index in [9.17, 15) is 9.50 Å². The van der Waals surface area contributed by atoms with Gasteiger partial charge in [0.1, 0.15) is 11.6 Å². The monoisotopic (exact) mass is 321 g/mol. The lowest BCUT2D eigenvalue weighted by Crippen LogP contribution is -2.30. The normalized spacial score (nSPS) is 25.0. The quantitative estimate of drug-likeness (QED) is 0.783. The lowest BCUT2D eigenvalue weighted by atomic mass is 9.87. The Morgan fingerprint density at radius 2 is 1.91 bits per heavy atom. The van der Waals surface area contributed by atoms with Crippen molar-refractivity contribution in [2.45, 2.75) is 51.0 Å². The second kappa shape index (κ2) is 8.11. The molecule has 1 aliphatic carbocycles. The van der Waals surface area contributed by atoms with Crippen LogP contribution in [0.2, 0.25) is 0 Å². The van der Waals surface area contributed by atoms with Gasteiger partial charge in [0, 0.05) is 11.5 Å². The Hall–Kier alpha value is -1.13. The Bertz CT molecular complexity index is 502. The van der Waals surface area contributed by atoms with Gasteiger partial charge in [0.25, 0.3) is 0 Å². The molecule has 4 heteroatoms. The topological polar surface area (TPSA) is 41.5 Å². The summed E-state index contributed by atoms with van der Waals surface area (Å²) < 4.78 is 19.0. The molecule has 1 fully saturated rings. The maximum atomic E-state index is 13.3. The van der Waals surface area contributed by atoms with Crippen molar-refractivity contribution >= 4 is 0 Å². The minimum Gasteiger partial charge on any atom is -0.493 e. The first-order valence-corrected chi connectivity index (χ1v) is 9.05. The van der Waals surface area contributed by atoms with E-state index < -0.39 is 6.10 Å². The lowest BCUT2D eigenvalue weighted by Gasteiger charge is -2.30. The third-order valence-electron chi connectivity index (χ3n) is 5.34. The van der Waals surface area contributed by atoms with Crippen molar-refractivity contribution in [2.75, 3.05) is 19.7 Å². The van der Waals surface area contributed by atoms with Gasteiger partial charge in [-0.3, -0.25) is 0 Å². The number of aliphatic hydroxyl groups is 1. The minimum absolute atomic E-state index is 0.0338. The zero-order chi connectivity index (χ0) is 16.1. The number of fused-ring (bicyclic) bond motifs is 1. The number of rotatable bonds is 6. The van der Waals surface area contributed by atoms with Crippen LogP contribution in [0.3, 0.4) is 0 Å². The summed E-state index contributed by atoms with van der Waals surface area (Å²) in [6.07, 6.45) is 8.46. The van der Waals surface area contributed by atoms with Gasteiger partial charge in [-0.1, -0.05) is 32.1 Å². The fourth-order valence-corrected chi connectivity index (χ4v) is 3.86. The highest BCUT2D eigenvalue weighted by molar-refractivity contribution is 5.37. The number of hydrogen-bond acceptors (Lipinski definition) is 3. The largest absolute Gasteiger partial charge is 0.493 e. The summed E-state index contributed by atoms with van der Waals surface area (Å²) in [6.45, 7) is 2.44. The van der Waals surface area contributed by atoms with Crippen molar-refractivity contribution in [3.63, 3.8) is 0 Å². The molecule has 0 spiro atoms. The molecule has 2 N–H and O–H groups in total. The minimum atomic E-state index is -0.630. The van der Waals surface area contributed by atoms with Crippen molar-refractivity contribution in [3.05, 3.63) is 29.6 Å². The van der Waals surface area contributed by atoms with E-state index in [2.05, 4.69) is 5.32 Å². The van der Waals surface area contributed by atoms with Crippen molar-refractivity contribution < 1.29 is 14.2 Å². The van der Waals surface area contributed by atoms with Gasteiger partial charge in [-0.05, 0) is 50.0 Å². The second-order valence-corrected chi connectivity index (χ2v) is 7.03. The first-order valence-electron chi connectivity index (χ1n) is 9.05. The van der Waals surface area contributed by atoms with E-state index in [1.165, 1.54) is 50.7 Å². The Morgan fingerprint density at radius 1 is 1.13 bits per heavy atom. The number of nitrogens with one attached hydrogen (secondary N) is 1. The van der Waals surface area contributed by atoms with Crippen LogP contribution in [0.25, 0.3) is 0 Å². The summed E-state index contributed by atoms with van der Waals surface area (Å²) in [7, 11) is 0. The third kappa shape index (κ3) is 4.45. The van der Waals surface area contributed by atoms with Gasteiger partial charge in [0.15, 0.2) is 0 Å². The molecule has 0 bridgehead atoms. The summed E-state index contributed by atoms with van der Waals surface area (Å²) in [6, 6.07) is 4.37. The highest BCUT2D eigenvalue weighted by Crippen LogP contribution is 2.37. The molecule has 1 aliphatic heterocycles. The Labute approximate surface area is 138 Å². The van der Waals surface area contributed by atoms with Crippen LogP contribution in [0.5, 0.6) is 5.75 Å². The van der Waals surface area contributed by atoms with Gasteiger partial charge in [0.05, 0.1) is 12.7 Å². The summed E-state index contributed by atoms with van der Waals surface area (Å²) in [5.41, 5.74) is 0.587. The van der Waals surface area contributed by atoms with Gasteiger partial charge < -0.3 is 15.2 Å². The predicted molar refractivity (Wildman–Crippen MR) is 89.0 cm³/mol. The van der Waals surface area contributed by atoms with E-state index >= 15 is 0 Å². The molecule has 1 heterocycles. The molecule has 0 saturated heterocycles. The molecule has 2 unspecified atom stereocenters. The van der Waals surface area contributed by atoms with Crippen LogP contribution >= 0.6 is 0 Å². The Morgan fingerprint density at radius 3 is 2.74 bits per heavy atom. The molecular formula is C19H28FNO2. The van der Waals surface area contributed by atoms with Crippen LogP contribution in [0.4, 0.5) is 4.39 Å². The first-order chi connectivity index (χ1) is 11.2. The fraction of sp³-hybridized carbons (Fsp3) is 0.684. The smallest absolute Gasteiger partial charge is 0.125 e. The van der Waals surface area contributed by atoms with Crippen LogP contribution in [0.1, 0.15) is 56.6 Å². The molecule has 2 aliphatic rings. The third-order valence-corrected chi connectivity index (χ3v) is 5.34. The zero-order valence-corrected chi connectivity index (χ0v) is 13.8. The standard InChI is InChI=1S/C19H28FNO2/c20-16-6-7-18-17(12-16)19(22)15(13-23-18)9-11-21-10-8-14-4-2-1-3-5-14/h6-7,12,14-15,19,21-22H,1-5,8-11,13H2. The summed E-state index contributed by atoms with van der Waals surface area (Å²) >= 11 is 0. The van der Waals surface area contributed by atoms with E-state index in [4.69, 9.17) is 4.74 Å². The van der Waals surface area contributed by atoms with E-state index in [1.807, 2.05) is 0 Å². The van der Waals surface area contributed by atoms with Crippen LogP contribution in [-0.2, 0) is 0 Å². The average molecular weight is 321 g/mol. The summed E-state index contributed by atoms with van der Waals surface area (Å²) in [4.78, 5) is 0. The molecule has 0 radical (unpaired) electrons. The second-order valence-electron chi connectivity index (χ2n) is 7.03. The molecule has 1 aromatic rings. The van der Waals surface area contributed by atoms with E-state index in [0.29, 0.717) is 17.9 Å². The highest BCUT2D eigenvalue weighted by atomic mass is 19.1. The van der Waals surface area contributed by atoms with Crippen LogP contribution in [0, 0.1) is 17.7 Å². The Balaban J connectivity index is 1.39. The van der Waals surface area contributed by atoms with Crippen molar-refractivity contribution in [2.24, 2.45) is 11.8 Å². The van der Waals surface area contributed by atoms with Crippen LogP contribution < -0.4 is 10.1 Å². The summed E-state index contributed by atoms with van der Waals surface area (Å²) in [5.74, 6) is 1.22. The predicted octanol–water partition coefficient (Wildman–Crippen LogP) is 3.82. The lowest BCUT2D eigenvalue weighted by molar-refractivity contribution is 0.0458. The SMILES string of the molecule is OC1c2cc(F)ccc2OCC1CCNCCC1CCCCC1. The maximum absolute atomic E-state index is 13.3. The first kappa shape index (κ1) is 16.7. The van der Waals surface area contributed by atoms with Gasteiger partial charge >= 0.3 is 0 Å². The van der Waals surface area contributed by atoms with Crippen molar-refractivity contribution in [1.82, 2.24) is 5.32 Å². The molecule has 1 aromatic carbocycles. The number of hydrogen-bond donors (Lipinski definition) is 2. The van der Waals surface area contributed by atoms with E-state index in [0.717, 1.165) is 25.4 Å². The zero-order valence-electron chi connectivity index (χ0n) is 13.8. The van der Waals surface area contributed by atoms with Crippen molar-refractivity contribution in [1.29, 1.82) is 0 Å². The molecule has 1 saturated carbocycles. The number of halogens is 1. The maximum Gasteiger partial charge on any atom is 0.125 e. The number of ether oxygens (including phenoxy) is 1. The van der Waals surface area contributed by atoms with Crippen molar-refractivity contribution in [3.8, 4) is 5.75 Å². The molecule has 3 rings (SSSR count). The van der Waals surface area contributed by atoms with Crippen LogP contribution in [0.15, 0.2) is 18.2 Å². The van der Waals surface area contributed by atoms with Gasteiger partial charge in [-0.2, -0.15) is 0 Å². The molecule has 128 valence electrons. The summed E-state index contributed by atoms with van der Waals surface area (Å²) in [5, 5.41) is 13.9. The number of benzene rings is 1. The molecule has 0 aromatic heterocycles. The van der Waals surface area contributed by atoms with Gasteiger partial charge in [-0.25, -0.2) is 4.39 Å². The molecule has 0 amide bonds. The molecular weight excluding hydrogens is 293 g/mol.